The normalized spacial score (nSPS) is 25.8. The molecule has 1 aromatic heterocycles. The van der Waals surface area contributed by atoms with Gasteiger partial charge in [-0.15, -0.1) is 0 Å². The number of amides is 2. The fourth-order valence-electron chi connectivity index (χ4n) is 3.98. The molecule has 0 unspecified atom stereocenters. The van der Waals surface area contributed by atoms with Crippen LogP contribution < -0.4 is 5.32 Å². The van der Waals surface area contributed by atoms with Gasteiger partial charge in [0.15, 0.2) is 5.69 Å². The lowest BCUT2D eigenvalue weighted by atomic mass is 9.91. The summed E-state index contributed by atoms with van der Waals surface area (Å²) >= 11 is 0. The van der Waals surface area contributed by atoms with Gasteiger partial charge < -0.3 is 14.7 Å². The zero-order chi connectivity index (χ0) is 16.5. The topological polar surface area (TPSA) is 75.4 Å². The summed E-state index contributed by atoms with van der Waals surface area (Å²) < 4.78 is 5.24. The standard InChI is InChI=1S/C18H25N3O3/c22-17(15-11-16(24-20-15)12-8-9-12)19-14-7-4-10-21(18(14)23)13-5-2-1-3-6-13/h11-14H,1-10H2,(H,19,22)/t14-/m1/s1. The van der Waals surface area contributed by atoms with Crippen molar-refractivity contribution in [3.05, 3.63) is 17.5 Å². The molecule has 2 aliphatic carbocycles. The second-order valence-electron chi connectivity index (χ2n) is 7.38. The molecule has 1 atom stereocenters. The van der Waals surface area contributed by atoms with Gasteiger partial charge in [0.2, 0.25) is 5.91 Å². The van der Waals surface area contributed by atoms with Gasteiger partial charge in [0.1, 0.15) is 11.8 Å². The third-order valence-corrected chi connectivity index (χ3v) is 5.53. The summed E-state index contributed by atoms with van der Waals surface area (Å²) in [5, 5.41) is 6.74. The fourth-order valence-corrected chi connectivity index (χ4v) is 3.98. The smallest absolute Gasteiger partial charge is 0.274 e. The van der Waals surface area contributed by atoms with E-state index in [0.717, 1.165) is 44.4 Å². The Morgan fingerprint density at radius 2 is 1.92 bits per heavy atom. The van der Waals surface area contributed by atoms with Crippen molar-refractivity contribution >= 4 is 11.8 Å². The average Bonchev–Trinajstić information content (AvgIpc) is 3.34. The van der Waals surface area contributed by atoms with Gasteiger partial charge in [0, 0.05) is 24.6 Å². The molecule has 1 saturated heterocycles. The summed E-state index contributed by atoms with van der Waals surface area (Å²) in [5.41, 5.74) is 0.291. The Bertz CT molecular complexity index is 617. The third kappa shape index (κ3) is 3.19. The van der Waals surface area contributed by atoms with E-state index in [-0.39, 0.29) is 11.8 Å². The van der Waals surface area contributed by atoms with E-state index in [1.165, 1.54) is 19.3 Å². The first-order valence-corrected chi connectivity index (χ1v) is 9.30. The molecule has 1 aromatic rings. The van der Waals surface area contributed by atoms with Gasteiger partial charge in [-0.1, -0.05) is 24.4 Å². The highest BCUT2D eigenvalue weighted by Gasteiger charge is 2.35. The molecule has 1 N–H and O–H groups in total. The van der Waals surface area contributed by atoms with E-state index < -0.39 is 6.04 Å². The zero-order valence-electron chi connectivity index (χ0n) is 14.0. The number of hydrogen-bond acceptors (Lipinski definition) is 4. The van der Waals surface area contributed by atoms with E-state index in [0.29, 0.717) is 24.1 Å². The van der Waals surface area contributed by atoms with E-state index in [2.05, 4.69) is 10.5 Å². The van der Waals surface area contributed by atoms with E-state index in [4.69, 9.17) is 4.52 Å². The van der Waals surface area contributed by atoms with Crippen LogP contribution in [0, 0.1) is 0 Å². The van der Waals surface area contributed by atoms with Crippen molar-refractivity contribution in [1.82, 2.24) is 15.4 Å². The van der Waals surface area contributed by atoms with Crippen molar-refractivity contribution in [3.8, 4) is 0 Å². The second-order valence-corrected chi connectivity index (χ2v) is 7.38. The van der Waals surface area contributed by atoms with Crippen molar-refractivity contribution in [1.29, 1.82) is 0 Å². The summed E-state index contributed by atoms with van der Waals surface area (Å²) in [6.07, 6.45) is 9.74. The minimum Gasteiger partial charge on any atom is -0.360 e. The molecule has 4 rings (SSSR count). The van der Waals surface area contributed by atoms with Gasteiger partial charge in [-0.2, -0.15) is 0 Å². The Kier molecular flexibility index (Phi) is 4.29. The molecule has 0 aromatic carbocycles. The van der Waals surface area contributed by atoms with Crippen molar-refractivity contribution in [2.75, 3.05) is 6.54 Å². The maximum Gasteiger partial charge on any atom is 0.274 e. The Balaban J connectivity index is 1.39. The minimum absolute atomic E-state index is 0.0763. The number of likely N-dealkylation sites (tertiary alicyclic amines) is 1. The van der Waals surface area contributed by atoms with Crippen molar-refractivity contribution in [2.24, 2.45) is 0 Å². The summed E-state index contributed by atoms with van der Waals surface area (Å²) in [6.45, 7) is 0.825. The Labute approximate surface area is 141 Å². The number of nitrogens with one attached hydrogen (secondary N) is 1. The Morgan fingerprint density at radius 1 is 1.12 bits per heavy atom. The molecule has 0 bridgehead atoms. The lowest BCUT2D eigenvalue weighted by Gasteiger charge is -2.39. The maximum absolute atomic E-state index is 12.8. The molecule has 0 radical (unpaired) electrons. The van der Waals surface area contributed by atoms with Crippen LogP contribution in [0.2, 0.25) is 0 Å². The molecule has 0 spiro atoms. The first-order valence-electron chi connectivity index (χ1n) is 9.30. The number of carbonyl (C=O) groups is 2. The summed E-state index contributed by atoms with van der Waals surface area (Å²) in [7, 11) is 0. The molecule has 3 fully saturated rings. The maximum atomic E-state index is 12.8. The van der Waals surface area contributed by atoms with Crippen LogP contribution in [0.15, 0.2) is 10.6 Å². The first kappa shape index (κ1) is 15.7. The van der Waals surface area contributed by atoms with Gasteiger partial charge in [0.25, 0.3) is 5.91 Å². The number of nitrogens with zero attached hydrogens (tertiary/aromatic N) is 2. The number of aromatic nitrogens is 1. The summed E-state index contributed by atoms with van der Waals surface area (Å²) in [5.74, 6) is 0.998. The molecule has 6 nitrogen and oxygen atoms in total. The summed E-state index contributed by atoms with van der Waals surface area (Å²) in [4.78, 5) is 27.2. The van der Waals surface area contributed by atoms with Crippen LogP contribution >= 0.6 is 0 Å². The molecule has 1 aliphatic heterocycles. The zero-order valence-corrected chi connectivity index (χ0v) is 14.0. The lowest BCUT2D eigenvalue weighted by Crippen LogP contribution is -2.55. The fraction of sp³-hybridized carbons (Fsp3) is 0.722. The highest BCUT2D eigenvalue weighted by atomic mass is 16.5. The molecule has 3 aliphatic rings. The summed E-state index contributed by atoms with van der Waals surface area (Å²) in [6, 6.07) is 1.66. The van der Waals surface area contributed by atoms with Crippen LogP contribution in [0.4, 0.5) is 0 Å². The molecule has 2 heterocycles. The molecule has 130 valence electrons. The predicted octanol–water partition coefficient (Wildman–Crippen LogP) is 2.61. The van der Waals surface area contributed by atoms with Crippen LogP contribution in [0.25, 0.3) is 0 Å². The van der Waals surface area contributed by atoms with Crippen LogP contribution in [0.5, 0.6) is 0 Å². The van der Waals surface area contributed by atoms with Gasteiger partial charge >= 0.3 is 0 Å². The quantitative estimate of drug-likeness (QED) is 0.920. The van der Waals surface area contributed by atoms with Crippen LogP contribution in [-0.4, -0.2) is 40.5 Å². The van der Waals surface area contributed by atoms with E-state index in [1.54, 1.807) is 6.07 Å². The molecular formula is C18H25N3O3. The largest absolute Gasteiger partial charge is 0.360 e. The number of carbonyl (C=O) groups excluding carboxylic acids is 2. The van der Waals surface area contributed by atoms with Gasteiger partial charge in [-0.3, -0.25) is 9.59 Å². The lowest BCUT2D eigenvalue weighted by molar-refractivity contribution is -0.139. The number of piperidine rings is 1. The van der Waals surface area contributed by atoms with E-state index in [1.807, 2.05) is 4.90 Å². The predicted molar refractivity (Wildman–Crippen MR) is 87.6 cm³/mol. The van der Waals surface area contributed by atoms with Crippen LogP contribution in [-0.2, 0) is 4.79 Å². The minimum atomic E-state index is -0.422. The van der Waals surface area contributed by atoms with Crippen molar-refractivity contribution < 1.29 is 14.1 Å². The van der Waals surface area contributed by atoms with Crippen molar-refractivity contribution in [2.45, 2.75) is 75.8 Å². The van der Waals surface area contributed by atoms with Gasteiger partial charge in [-0.25, -0.2) is 0 Å². The monoisotopic (exact) mass is 331 g/mol. The molecule has 24 heavy (non-hydrogen) atoms. The first-order chi connectivity index (χ1) is 11.7. The average molecular weight is 331 g/mol. The second kappa shape index (κ2) is 6.57. The Morgan fingerprint density at radius 3 is 2.67 bits per heavy atom. The van der Waals surface area contributed by atoms with Gasteiger partial charge in [0.05, 0.1) is 0 Å². The third-order valence-electron chi connectivity index (χ3n) is 5.53. The van der Waals surface area contributed by atoms with E-state index in [9.17, 15) is 9.59 Å². The van der Waals surface area contributed by atoms with Gasteiger partial charge in [-0.05, 0) is 38.5 Å². The van der Waals surface area contributed by atoms with Crippen LogP contribution in [0.3, 0.4) is 0 Å². The SMILES string of the molecule is O=C(N[C@@H]1CCCN(C2CCCCC2)C1=O)c1cc(C2CC2)on1. The highest BCUT2D eigenvalue weighted by Crippen LogP contribution is 2.40. The Hall–Kier alpha value is -1.85. The van der Waals surface area contributed by atoms with Crippen LogP contribution in [0.1, 0.15) is 80.0 Å². The molecular weight excluding hydrogens is 306 g/mol. The molecule has 2 amide bonds. The van der Waals surface area contributed by atoms with Crippen molar-refractivity contribution in [3.63, 3.8) is 0 Å². The van der Waals surface area contributed by atoms with E-state index >= 15 is 0 Å². The number of hydrogen-bond donors (Lipinski definition) is 1. The highest BCUT2D eigenvalue weighted by molar-refractivity contribution is 5.96. The number of rotatable bonds is 4. The molecule has 2 saturated carbocycles. The molecule has 6 heteroatoms.